The molecule has 0 bridgehead atoms. The lowest BCUT2D eigenvalue weighted by atomic mass is 9.92. The van der Waals surface area contributed by atoms with Gasteiger partial charge >= 0.3 is 0 Å². The molecule has 1 aromatic heterocycles. The first-order chi connectivity index (χ1) is 8.68. The first kappa shape index (κ1) is 11.0. The van der Waals surface area contributed by atoms with Crippen molar-refractivity contribution < 1.29 is 0 Å². The van der Waals surface area contributed by atoms with Crippen molar-refractivity contribution in [2.45, 2.75) is 12.5 Å². The quantitative estimate of drug-likeness (QED) is 0.720. The van der Waals surface area contributed by atoms with E-state index in [2.05, 4.69) is 9.97 Å². The Bertz CT molecular complexity index is 635. The van der Waals surface area contributed by atoms with Crippen LogP contribution in [-0.2, 0) is 5.54 Å². The lowest BCUT2D eigenvalue weighted by Gasteiger charge is -2.22. The second-order valence-corrected chi connectivity index (χ2v) is 4.67. The van der Waals surface area contributed by atoms with Gasteiger partial charge < -0.3 is 10.7 Å². The van der Waals surface area contributed by atoms with Gasteiger partial charge in [0, 0.05) is 0 Å². The van der Waals surface area contributed by atoms with E-state index in [9.17, 15) is 0 Å². The Labute approximate surface area is 106 Å². The van der Waals surface area contributed by atoms with E-state index in [1.54, 1.807) is 0 Å². The molecule has 0 amide bonds. The molecule has 3 rings (SSSR count). The minimum Gasteiger partial charge on any atom is -0.340 e. The van der Waals surface area contributed by atoms with Crippen molar-refractivity contribution >= 4 is 11.0 Å². The zero-order chi connectivity index (χ0) is 12.6. The van der Waals surface area contributed by atoms with Gasteiger partial charge in [-0.2, -0.15) is 0 Å². The van der Waals surface area contributed by atoms with Crippen LogP contribution < -0.4 is 5.73 Å². The Hall–Kier alpha value is -2.13. The Morgan fingerprint density at radius 1 is 1.00 bits per heavy atom. The van der Waals surface area contributed by atoms with Crippen LogP contribution in [0.15, 0.2) is 54.6 Å². The molecule has 0 aliphatic heterocycles. The predicted octanol–water partition coefficient (Wildman–Crippen LogP) is 2.79. The SMILES string of the molecule is CC(N)(c1ccccc1)c1nc2ccccc2[nH]1. The van der Waals surface area contributed by atoms with E-state index in [0.717, 1.165) is 22.4 Å². The van der Waals surface area contributed by atoms with Gasteiger partial charge in [0.2, 0.25) is 0 Å². The number of fused-ring (bicyclic) bond motifs is 1. The largest absolute Gasteiger partial charge is 0.340 e. The fourth-order valence-corrected chi connectivity index (χ4v) is 2.12. The summed E-state index contributed by atoms with van der Waals surface area (Å²) in [6.45, 7) is 1.97. The van der Waals surface area contributed by atoms with Gasteiger partial charge in [0.05, 0.1) is 16.6 Å². The molecule has 3 N–H and O–H groups in total. The van der Waals surface area contributed by atoms with Gasteiger partial charge in [0.1, 0.15) is 5.82 Å². The van der Waals surface area contributed by atoms with E-state index in [1.165, 1.54) is 0 Å². The molecular weight excluding hydrogens is 222 g/mol. The number of rotatable bonds is 2. The number of imidazole rings is 1. The van der Waals surface area contributed by atoms with E-state index < -0.39 is 5.54 Å². The molecule has 18 heavy (non-hydrogen) atoms. The standard InChI is InChI=1S/C15H15N3/c1-15(16,11-7-3-2-4-8-11)14-17-12-9-5-6-10-13(12)18-14/h2-10H,16H2,1H3,(H,17,18). The summed E-state index contributed by atoms with van der Waals surface area (Å²) >= 11 is 0. The van der Waals surface area contributed by atoms with E-state index in [0.29, 0.717) is 0 Å². The highest BCUT2D eigenvalue weighted by molar-refractivity contribution is 5.75. The maximum atomic E-state index is 6.43. The fourth-order valence-electron chi connectivity index (χ4n) is 2.12. The molecule has 1 atom stereocenters. The highest BCUT2D eigenvalue weighted by Gasteiger charge is 2.27. The molecule has 3 aromatic rings. The lowest BCUT2D eigenvalue weighted by molar-refractivity contribution is 0.567. The molecule has 0 aliphatic rings. The maximum absolute atomic E-state index is 6.43. The van der Waals surface area contributed by atoms with Gasteiger partial charge in [-0.25, -0.2) is 4.98 Å². The smallest absolute Gasteiger partial charge is 0.131 e. The summed E-state index contributed by atoms with van der Waals surface area (Å²) in [7, 11) is 0. The van der Waals surface area contributed by atoms with Gasteiger partial charge in [0.25, 0.3) is 0 Å². The summed E-state index contributed by atoms with van der Waals surface area (Å²) < 4.78 is 0. The van der Waals surface area contributed by atoms with Crippen LogP contribution in [-0.4, -0.2) is 9.97 Å². The van der Waals surface area contributed by atoms with E-state index in [4.69, 9.17) is 5.73 Å². The van der Waals surface area contributed by atoms with Crippen LogP contribution in [0, 0.1) is 0 Å². The molecule has 90 valence electrons. The monoisotopic (exact) mass is 237 g/mol. The summed E-state index contributed by atoms with van der Waals surface area (Å²) in [6, 6.07) is 18.0. The summed E-state index contributed by atoms with van der Waals surface area (Å²) in [5.74, 6) is 0.787. The van der Waals surface area contributed by atoms with E-state index >= 15 is 0 Å². The number of benzene rings is 2. The molecule has 0 fully saturated rings. The van der Waals surface area contributed by atoms with Crippen LogP contribution in [0.2, 0.25) is 0 Å². The number of para-hydroxylation sites is 2. The van der Waals surface area contributed by atoms with Crippen LogP contribution in [0.4, 0.5) is 0 Å². The molecule has 0 spiro atoms. The second kappa shape index (κ2) is 3.96. The molecule has 0 saturated heterocycles. The van der Waals surface area contributed by atoms with E-state index in [1.807, 2.05) is 61.5 Å². The molecular formula is C15H15N3. The maximum Gasteiger partial charge on any atom is 0.131 e. The Morgan fingerprint density at radius 2 is 1.67 bits per heavy atom. The summed E-state index contributed by atoms with van der Waals surface area (Å²) in [5.41, 5.74) is 8.82. The number of nitrogens with two attached hydrogens (primary N) is 1. The number of hydrogen-bond acceptors (Lipinski definition) is 2. The van der Waals surface area contributed by atoms with Crippen LogP contribution in [0.3, 0.4) is 0 Å². The van der Waals surface area contributed by atoms with Crippen LogP contribution in [0.25, 0.3) is 11.0 Å². The van der Waals surface area contributed by atoms with Crippen molar-refractivity contribution in [3.8, 4) is 0 Å². The number of aromatic amines is 1. The number of nitrogens with zero attached hydrogens (tertiary/aromatic N) is 1. The number of H-pyrrole nitrogens is 1. The van der Waals surface area contributed by atoms with E-state index in [-0.39, 0.29) is 0 Å². The lowest BCUT2D eigenvalue weighted by Crippen LogP contribution is -2.35. The average molecular weight is 237 g/mol. The van der Waals surface area contributed by atoms with Crippen LogP contribution in [0.1, 0.15) is 18.3 Å². The summed E-state index contributed by atoms with van der Waals surface area (Å²) in [5, 5.41) is 0. The Kier molecular flexibility index (Phi) is 2.42. The van der Waals surface area contributed by atoms with Gasteiger partial charge in [-0.3, -0.25) is 0 Å². The third-order valence-corrected chi connectivity index (χ3v) is 3.25. The first-order valence-electron chi connectivity index (χ1n) is 5.97. The highest BCUT2D eigenvalue weighted by Crippen LogP contribution is 2.25. The zero-order valence-electron chi connectivity index (χ0n) is 10.2. The highest BCUT2D eigenvalue weighted by atomic mass is 15.0. The van der Waals surface area contributed by atoms with Crippen molar-refractivity contribution in [1.29, 1.82) is 0 Å². The van der Waals surface area contributed by atoms with Gasteiger partial charge in [-0.1, -0.05) is 42.5 Å². The van der Waals surface area contributed by atoms with Crippen molar-refractivity contribution in [2.75, 3.05) is 0 Å². The second-order valence-electron chi connectivity index (χ2n) is 4.67. The zero-order valence-corrected chi connectivity index (χ0v) is 10.2. The third-order valence-electron chi connectivity index (χ3n) is 3.25. The number of hydrogen-bond donors (Lipinski definition) is 2. The first-order valence-corrected chi connectivity index (χ1v) is 5.97. The average Bonchev–Trinajstić information content (AvgIpc) is 2.84. The molecule has 0 saturated carbocycles. The van der Waals surface area contributed by atoms with Crippen LogP contribution >= 0.6 is 0 Å². The summed E-state index contributed by atoms with van der Waals surface area (Å²) in [4.78, 5) is 7.88. The molecule has 1 heterocycles. The van der Waals surface area contributed by atoms with Gasteiger partial charge in [0.15, 0.2) is 0 Å². The summed E-state index contributed by atoms with van der Waals surface area (Å²) in [6.07, 6.45) is 0. The number of aromatic nitrogens is 2. The fraction of sp³-hybridized carbons (Fsp3) is 0.133. The molecule has 3 heteroatoms. The Morgan fingerprint density at radius 3 is 2.39 bits per heavy atom. The molecule has 1 unspecified atom stereocenters. The molecule has 0 radical (unpaired) electrons. The van der Waals surface area contributed by atoms with Crippen molar-refractivity contribution in [1.82, 2.24) is 9.97 Å². The molecule has 3 nitrogen and oxygen atoms in total. The van der Waals surface area contributed by atoms with Crippen molar-refractivity contribution in [3.05, 3.63) is 66.0 Å². The molecule has 0 aliphatic carbocycles. The predicted molar refractivity (Wildman–Crippen MR) is 73.2 cm³/mol. The minimum atomic E-state index is -0.611. The van der Waals surface area contributed by atoms with Crippen molar-refractivity contribution in [2.24, 2.45) is 5.73 Å². The number of nitrogens with one attached hydrogen (secondary N) is 1. The van der Waals surface area contributed by atoms with Gasteiger partial charge in [-0.05, 0) is 24.6 Å². The molecule has 2 aromatic carbocycles. The third kappa shape index (κ3) is 1.69. The Balaban J connectivity index is 2.13. The normalized spacial score (nSPS) is 14.6. The van der Waals surface area contributed by atoms with Crippen molar-refractivity contribution in [3.63, 3.8) is 0 Å². The van der Waals surface area contributed by atoms with Crippen LogP contribution in [0.5, 0.6) is 0 Å². The minimum absolute atomic E-state index is 0.611. The van der Waals surface area contributed by atoms with Gasteiger partial charge in [-0.15, -0.1) is 0 Å². The topological polar surface area (TPSA) is 54.7 Å².